The molecule has 0 rings (SSSR count). The molecule has 0 aliphatic heterocycles. The second-order valence-corrected chi connectivity index (χ2v) is 3.09. The number of unbranched alkanes of at least 4 members (excludes halogenated alkanes) is 4. The Morgan fingerprint density at radius 2 is 1.92 bits per heavy atom. The van der Waals surface area contributed by atoms with Crippen LogP contribution in [0.1, 0.15) is 38.5 Å². The van der Waals surface area contributed by atoms with Gasteiger partial charge in [0.1, 0.15) is 0 Å². The van der Waals surface area contributed by atoms with Gasteiger partial charge in [-0.2, -0.15) is 0 Å². The fourth-order valence-electron chi connectivity index (χ4n) is 1.10. The molecule has 0 aliphatic carbocycles. The molecule has 0 spiro atoms. The normalized spacial score (nSPS) is 10.0. The maximum Gasteiger partial charge on any atom is 0.220 e. The van der Waals surface area contributed by atoms with Crippen LogP contribution in [-0.2, 0) is 4.79 Å². The average molecular weight is 186 g/mol. The predicted octanol–water partition coefficient (Wildman–Crippen LogP) is 1.27. The highest BCUT2D eigenvalue weighted by atomic mass is 16.3. The SMILES string of the molecule is [CH2]CCCCCCC(=O)NCCO. The zero-order valence-corrected chi connectivity index (χ0v) is 8.22. The fraction of sp³-hybridized carbons (Fsp3) is 0.800. The van der Waals surface area contributed by atoms with E-state index in [0.717, 1.165) is 32.1 Å². The Bertz CT molecular complexity index is 126. The summed E-state index contributed by atoms with van der Waals surface area (Å²) in [5.74, 6) is 0.0451. The van der Waals surface area contributed by atoms with Crippen LogP contribution in [0.2, 0.25) is 0 Å². The molecule has 0 heterocycles. The fourth-order valence-corrected chi connectivity index (χ4v) is 1.10. The van der Waals surface area contributed by atoms with Gasteiger partial charge in [0.2, 0.25) is 5.91 Å². The van der Waals surface area contributed by atoms with Gasteiger partial charge in [-0.15, -0.1) is 0 Å². The number of aliphatic hydroxyl groups excluding tert-OH is 1. The van der Waals surface area contributed by atoms with E-state index < -0.39 is 0 Å². The van der Waals surface area contributed by atoms with E-state index in [-0.39, 0.29) is 12.5 Å². The van der Waals surface area contributed by atoms with Crippen LogP contribution in [0.15, 0.2) is 0 Å². The van der Waals surface area contributed by atoms with Gasteiger partial charge >= 0.3 is 0 Å². The van der Waals surface area contributed by atoms with Crippen LogP contribution in [-0.4, -0.2) is 24.2 Å². The van der Waals surface area contributed by atoms with Crippen molar-refractivity contribution >= 4 is 5.91 Å². The van der Waals surface area contributed by atoms with Crippen molar-refractivity contribution in [3.63, 3.8) is 0 Å². The first-order chi connectivity index (χ1) is 6.31. The predicted molar refractivity (Wildman–Crippen MR) is 53.2 cm³/mol. The summed E-state index contributed by atoms with van der Waals surface area (Å²) in [6, 6.07) is 0. The van der Waals surface area contributed by atoms with Crippen molar-refractivity contribution in [1.29, 1.82) is 0 Å². The lowest BCUT2D eigenvalue weighted by atomic mass is 10.1. The van der Waals surface area contributed by atoms with E-state index in [1.165, 1.54) is 0 Å². The van der Waals surface area contributed by atoms with E-state index in [9.17, 15) is 4.79 Å². The first kappa shape index (κ1) is 12.4. The standard InChI is InChI=1S/C10H20NO2/c1-2-3-4-5-6-7-10(13)11-8-9-12/h12H,1-9H2,(H,11,13). The number of amides is 1. The van der Waals surface area contributed by atoms with Gasteiger partial charge in [0.25, 0.3) is 0 Å². The van der Waals surface area contributed by atoms with E-state index in [1.54, 1.807) is 0 Å². The lowest BCUT2D eigenvalue weighted by molar-refractivity contribution is -0.121. The van der Waals surface area contributed by atoms with Crippen molar-refractivity contribution in [2.75, 3.05) is 13.2 Å². The minimum absolute atomic E-state index is 0.0211. The third-order valence-electron chi connectivity index (χ3n) is 1.84. The van der Waals surface area contributed by atoms with E-state index >= 15 is 0 Å². The summed E-state index contributed by atoms with van der Waals surface area (Å²) in [5.41, 5.74) is 0. The molecule has 1 amide bonds. The molecule has 3 heteroatoms. The topological polar surface area (TPSA) is 49.3 Å². The lowest BCUT2D eigenvalue weighted by Gasteiger charge is -2.02. The Morgan fingerprint density at radius 1 is 1.23 bits per heavy atom. The zero-order valence-electron chi connectivity index (χ0n) is 8.22. The van der Waals surface area contributed by atoms with Gasteiger partial charge in [0, 0.05) is 13.0 Å². The minimum atomic E-state index is 0.0211. The van der Waals surface area contributed by atoms with Gasteiger partial charge in [0.15, 0.2) is 0 Å². The van der Waals surface area contributed by atoms with Crippen LogP contribution in [0.3, 0.4) is 0 Å². The monoisotopic (exact) mass is 186 g/mol. The summed E-state index contributed by atoms with van der Waals surface area (Å²) in [7, 11) is 0. The molecule has 0 fully saturated rings. The number of carbonyl (C=O) groups is 1. The number of hydrogen-bond donors (Lipinski definition) is 2. The van der Waals surface area contributed by atoms with E-state index in [4.69, 9.17) is 5.11 Å². The van der Waals surface area contributed by atoms with Gasteiger partial charge in [-0.3, -0.25) is 4.79 Å². The third-order valence-corrected chi connectivity index (χ3v) is 1.84. The van der Waals surface area contributed by atoms with Gasteiger partial charge in [0.05, 0.1) is 6.61 Å². The van der Waals surface area contributed by atoms with Crippen LogP contribution in [0, 0.1) is 6.92 Å². The zero-order chi connectivity index (χ0) is 9.94. The molecular formula is C10H20NO2. The number of rotatable bonds is 8. The Hall–Kier alpha value is -0.570. The quantitative estimate of drug-likeness (QED) is 0.561. The van der Waals surface area contributed by atoms with Crippen molar-refractivity contribution in [2.45, 2.75) is 38.5 Å². The van der Waals surface area contributed by atoms with Gasteiger partial charge in [-0.1, -0.05) is 32.6 Å². The largest absolute Gasteiger partial charge is 0.395 e. The van der Waals surface area contributed by atoms with Gasteiger partial charge < -0.3 is 10.4 Å². The summed E-state index contributed by atoms with van der Waals surface area (Å²) < 4.78 is 0. The molecule has 2 N–H and O–H groups in total. The van der Waals surface area contributed by atoms with Gasteiger partial charge in [-0.05, 0) is 6.42 Å². The summed E-state index contributed by atoms with van der Waals surface area (Å²) in [4.78, 5) is 11.0. The number of hydrogen-bond acceptors (Lipinski definition) is 2. The minimum Gasteiger partial charge on any atom is -0.395 e. The first-order valence-electron chi connectivity index (χ1n) is 4.98. The molecule has 0 bridgehead atoms. The molecule has 0 aliphatic rings. The molecule has 0 saturated heterocycles. The second kappa shape index (κ2) is 9.52. The van der Waals surface area contributed by atoms with Crippen molar-refractivity contribution in [3.05, 3.63) is 6.92 Å². The summed E-state index contributed by atoms with van der Waals surface area (Å²) in [6.07, 6.45) is 5.92. The van der Waals surface area contributed by atoms with Crippen LogP contribution in [0.25, 0.3) is 0 Å². The van der Waals surface area contributed by atoms with E-state index in [2.05, 4.69) is 12.2 Å². The molecule has 77 valence electrons. The second-order valence-electron chi connectivity index (χ2n) is 3.09. The van der Waals surface area contributed by atoms with Crippen molar-refractivity contribution in [3.8, 4) is 0 Å². The van der Waals surface area contributed by atoms with Crippen molar-refractivity contribution < 1.29 is 9.90 Å². The van der Waals surface area contributed by atoms with Crippen LogP contribution in [0.4, 0.5) is 0 Å². The highest BCUT2D eigenvalue weighted by Crippen LogP contribution is 2.04. The molecule has 0 unspecified atom stereocenters. The highest BCUT2D eigenvalue weighted by molar-refractivity contribution is 5.75. The van der Waals surface area contributed by atoms with E-state index in [1.807, 2.05) is 0 Å². The number of carbonyl (C=O) groups excluding carboxylic acids is 1. The van der Waals surface area contributed by atoms with Crippen LogP contribution in [0.5, 0.6) is 0 Å². The molecule has 0 aromatic rings. The molecule has 0 aromatic heterocycles. The molecule has 3 nitrogen and oxygen atoms in total. The van der Waals surface area contributed by atoms with E-state index in [0.29, 0.717) is 13.0 Å². The summed E-state index contributed by atoms with van der Waals surface area (Å²) in [5, 5.41) is 11.1. The Balaban J connectivity index is 3.08. The van der Waals surface area contributed by atoms with Crippen LogP contribution < -0.4 is 5.32 Å². The molecule has 13 heavy (non-hydrogen) atoms. The lowest BCUT2D eigenvalue weighted by Crippen LogP contribution is -2.25. The summed E-state index contributed by atoms with van der Waals surface area (Å²) in [6.45, 7) is 4.15. The van der Waals surface area contributed by atoms with Gasteiger partial charge in [-0.25, -0.2) is 0 Å². The molecule has 0 aromatic carbocycles. The molecular weight excluding hydrogens is 166 g/mol. The Labute approximate surface area is 80.5 Å². The number of nitrogens with one attached hydrogen (secondary N) is 1. The third kappa shape index (κ3) is 9.34. The molecule has 1 radical (unpaired) electrons. The highest BCUT2D eigenvalue weighted by Gasteiger charge is 1.98. The maximum absolute atomic E-state index is 11.0. The van der Waals surface area contributed by atoms with Crippen molar-refractivity contribution in [2.24, 2.45) is 0 Å². The first-order valence-corrected chi connectivity index (χ1v) is 4.98. The molecule has 0 saturated carbocycles. The Kier molecular flexibility index (Phi) is 9.10. The maximum atomic E-state index is 11.0. The molecule has 0 atom stereocenters. The summed E-state index contributed by atoms with van der Waals surface area (Å²) >= 11 is 0. The average Bonchev–Trinajstić information content (AvgIpc) is 2.14. The Morgan fingerprint density at radius 3 is 2.54 bits per heavy atom. The van der Waals surface area contributed by atoms with Crippen molar-refractivity contribution in [1.82, 2.24) is 5.32 Å². The smallest absolute Gasteiger partial charge is 0.220 e. The number of aliphatic hydroxyl groups is 1. The van der Waals surface area contributed by atoms with Crippen LogP contribution >= 0.6 is 0 Å².